The first kappa shape index (κ1) is 16.2. The number of alkyl halides is 3. The summed E-state index contributed by atoms with van der Waals surface area (Å²) in [7, 11) is 1.56. The van der Waals surface area contributed by atoms with Crippen molar-refractivity contribution in [2.75, 3.05) is 26.9 Å². The monoisotopic (exact) mass is 292 g/mol. The van der Waals surface area contributed by atoms with Gasteiger partial charge in [0.2, 0.25) is 5.88 Å². The molecule has 1 rings (SSSR count). The van der Waals surface area contributed by atoms with Gasteiger partial charge >= 0.3 is 6.18 Å². The molecule has 112 valence electrons. The van der Waals surface area contributed by atoms with Gasteiger partial charge in [0.25, 0.3) is 5.91 Å². The fourth-order valence-corrected chi connectivity index (χ4v) is 1.28. The molecule has 1 amide bonds. The first-order valence-corrected chi connectivity index (χ1v) is 5.85. The van der Waals surface area contributed by atoms with E-state index in [9.17, 15) is 18.0 Å². The minimum Gasteiger partial charge on any atom is -0.468 e. The minimum atomic E-state index is -4.42. The Morgan fingerprint density at radius 3 is 2.70 bits per heavy atom. The molecular formula is C12H15F3N2O3. The van der Waals surface area contributed by atoms with Crippen LogP contribution in [0.5, 0.6) is 5.88 Å². The Labute approximate surface area is 114 Å². The van der Waals surface area contributed by atoms with Crippen molar-refractivity contribution in [3.63, 3.8) is 0 Å². The number of amides is 1. The number of nitrogens with zero attached hydrogens (tertiary/aromatic N) is 1. The lowest BCUT2D eigenvalue weighted by atomic mass is 10.2. The lowest BCUT2D eigenvalue weighted by Gasteiger charge is -2.08. The molecule has 1 N–H and O–H groups in total. The highest BCUT2D eigenvalue weighted by Crippen LogP contribution is 2.16. The fraction of sp³-hybridized carbons (Fsp3) is 0.500. The minimum absolute atomic E-state index is 0.182. The first-order chi connectivity index (χ1) is 9.42. The third kappa shape index (κ3) is 6.37. The van der Waals surface area contributed by atoms with Gasteiger partial charge in [-0.05, 0) is 12.5 Å². The second-order valence-electron chi connectivity index (χ2n) is 3.89. The number of methoxy groups -OCH3 is 1. The Bertz CT molecular complexity index is 421. The van der Waals surface area contributed by atoms with E-state index in [2.05, 4.69) is 15.0 Å². The molecule has 0 atom stereocenters. The standard InChI is InChI=1S/C12H15F3N2O3/c1-19-6-2-5-16-11(18)9-3-4-10(17-7-9)20-8-12(13,14)15/h3-4,7H,2,5-6,8H2,1H3,(H,16,18). The van der Waals surface area contributed by atoms with E-state index in [-0.39, 0.29) is 17.4 Å². The number of pyridine rings is 1. The molecule has 0 bridgehead atoms. The van der Waals surface area contributed by atoms with Crippen LogP contribution in [0.25, 0.3) is 0 Å². The Kier molecular flexibility index (Phi) is 6.23. The highest BCUT2D eigenvalue weighted by Gasteiger charge is 2.28. The summed E-state index contributed by atoms with van der Waals surface area (Å²) in [5, 5.41) is 2.63. The maximum atomic E-state index is 11.9. The number of aromatic nitrogens is 1. The van der Waals surface area contributed by atoms with Crippen molar-refractivity contribution in [3.05, 3.63) is 23.9 Å². The molecule has 0 saturated carbocycles. The first-order valence-electron chi connectivity index (χ1n) is 5.85. The maximum Gasteiger partial charge on any atom is 0.422 e. The van der Waals surface area contributed by atoms with Crippen LogP contribution in [0.4, 0.5) is 13.2 Å². The third-order valence-electron chi connectivity index (χ3n) is 2.19. The van der Waals surface area contributed by atoms with E-state index < -0.39 is 12.8 Å². The molecule has 20 heavy (non-hydrogen) atoms. The van der Waals surface area contributed by atoms with Crippen molar-refractivity contribution in [3.8, 4) is 5.88 Å². The third-order valence-corrected chi connectivity index (χ3v) is 2.19. The number of rotatable bonds is 7. The molecule has 0 fully saturated rings. The summed E-state index contributed by atoms with van der Waals surface area (Å²) >= 11 is 0. The fourth-order valence-electron chi connectivity index (χ4n) is 1.28. The summed E-state index contributed by atoms with van der Waals surface area (Å²) in [4.78, 5) is 15.3. The van der Waals surface area contributed by atoms with Crippen LogP contribution in [0.3, 0.4) is 0 Å². The van der Waals surface area contributed by atoms with E-state index in [1.54, 1.807) is 7.11 Å². The van der Waals surface area contributed by atoms with Crippen LogP contribution in [-0.2, 0) is 4.74 Å². The second kappa shape index (κ2) is 7.68. The SMILES string of the molecule is COCCCNC(=O)c1ccc(OCC(F)(F)F)nc1. The summed E-state index contributed by atoms with van der Waals surface area (Å²) in [6.07, 6.45) is -2.58. The lowest BCUT2D eigenvalue weighted by Crippen LogP contribution is -2.25. The molecular weight excluding hydrogens is 277 g/mol. The molecule has 1 aromatic rings. The van der Waals surface area contributed by atoms with Gasteiger partial charge in [0.05, 0.1) is 5.56 Å². The maximum absolute atomic E-state index is 11.9. The summed E-state index contributed by atoms with van der Waals surface area (Å²) < 4.78 is 45.0. The molecule has 5 nitrogen and oxygen atoms in total. The van der Waals surface area contributed by atoms with E-state index in [1.165, 1.54) is 12.1 Å². The zero-order valence-corrected chi connectivity index (χ0v) is 10.9. The molecule has 0 saturated heterocycles. The van der Waals surface area contributed by atoms with Gasteiger partial charge in [0.15, 0.2) is 6.61 Å². The van der Waals surface area contributed by atoms with Crippen LogP contribution in [0, 0.1) is 0 Å². The average Bonchev–Trinajstić information content (AvgIpc) is 2.41. The molecule has 1 aromatic heterocycles. The normalized spacial score (nSPS) is 11.2. The molecule has 0 radical (unpaired) electrons. The van der Waals surface area contributed by atoms with Gasteiger partial charge in [-0.1, -0.05) is 0 Å². The molecule has 8 heteroatoms. The van der Waals surface area contributed by atoms with Crippen molar-refractivity contribution >= 4 is 5.91 Å². The van der Waals surface area contributed by atoms with E-state index >= 15 is 0 Å². The Balaban J connectivity index is 2.43. The number of carbonyl (C=O) groups excluding carboxylic acids is 1. The number of hydrogen-bond donors (Lipinski definition) is 1. The Morgan fingerprint density at radius 2 is 2.15 bits per heavy atom. The lowest BCUT2D eigenvalue weighted by molar-refractivity contribution is -0.154. The van der Waals surface area contributed by atoms with Gasteiger partial charge in [-0.2, -0.15) is 13.2 Å². The van der Waals surface area contributed by atoms with Crippen molar-refractivity contribution in [1.82, 2.24) is 10.3 Å². The number of halogens is 3. The van der Waals surface area contributed by atoms with Crippen molar-refractivity contribution in [1.29, 1.82) is 0 Å². The predicted molar refractivity (Wildman–Crippen MR) is 64.6 cm³/mol. The van der Waals surface area contributed by atoms with Gasteiger partial charge < -0.3 is 14.8 Å². The largest absolute Gasteiger partial charge is 0.468 e. The van der Waals surface area contributed by atoms with Crippen LogP contribution >= 0.6 is 0 Å². The smallest absolute Gasteiger partial charge is 0.422 e. The molecule has 0 unspecified atom stereocenters. The van der Waals surface area contributed by atoms with Gasteiger partial charge in [-0.25, -0.2) is 4.98 Å². The molecule has 0 spiro atoms. The van der Waals surface area contributed by atoms with Gasteiger partial charge in [0.1, 0.15) is 0 Å². The number of hydrogen-bond acceptors (Lipinski definition) is 4. The molecule has 1 heterocycles. The quantitative estimate of drug-likeness (QED) is 0.778. The zero-order valence-electron chi connectivity index (χ0n) is 10.9. The average molecular weight is 292 g/mol. The van der Waals surface area contributed by atoms with Crippen molar-refractivity contribution < 1.29 is 27.4 Å². The highest BCUT2D eigenvalue weighted by atomic mass is 19.4. The van der Waals surface area contributed by atoms with Crippen LogP contribution in [-0.4, -0.2) is 43.9 Å². The van der Waals surface area contributed by atoms with E-state index in [4.69, 9.17) is 4.74 Å². The van der Waals surface area contributed by atoms with E-state index in [0.29, 0.717) is 19.6 Å². The zero-order chi connectivity index (χ0) is 15.0. The van der Waals surface area contributed by atoms with Crippen LogP contribution in [0.2, 0.25) is 0 Å². The number of ether oxygens (including phenoxy) is 2. The number of carbonyl (C=O) groups is 1. The van der Waals surface area contributed by atoms with Gasteiger partial charge in [0, 0.05) is 32.5 Å². The van der Waals surface area contributed by atoms with E-state index in [1.807, 2.05) is 0 Å². The van der Waals surface area contributed by atoms with E-state index in [0.717, 1.165) is 6.20 Å². The Hall–Kier alpha value is -1.83. The number of nitrogens with one attached hydrogen (secondary N) is 1. The summed E-state index contributed by atoms with van der Waals surface area (Å²) in [5.74, 6) is -0.533. The van der Waals surface area contributed by atoms with Crippen molar-refractivity contribution in [2.24, 2.45) is 0 Å². The van der Waals surface area contributed by atoms with Crippen LogP contribution in [0.15, 0.2) is 18.3 Å². The topological polar surface area (TPSA) is 60.5 Å². The summed E-state index contributed by atoms with van der Waals surface area (Å²) in [5.41, 5.74) is 0.252. The van der Waals surface area contributed by atoms with Gasteiger partial charge in [-0.3, -0.25) is 4.79 Å². The predicted octanol–water partition coefficient (Wildman–Crippen LogP) is 1.79. The molecule has 0 aliphatic rings. The molecule has 0 aliphatic carbocycles. The highest BCUT2D eigenvalue weighted by molar-refractivity contribution is 5.93. The van der Waals surface area contributed by atoms with Crippen molar-refractivity contribution in [2.45, 2.75) is 12.6 Å². The summed E-state index contributed by atoms with van der Waals surface area (Å²) in [6.45, 7) is -0.440. The molecule has 0 aromatic carbocycles. The van der Waals surface area contributed by atoms with Gasteiger partial charge in [-0.15, -0.1) is 0 Å². The second-order valence-corrected chi connectivity index (χ2v) is 3.89. The molecule has 0 aliphatic heterocycles. The summed E-state index contributed by atoms with van der Waals surface area (Å²) in [6, 6.07) is 2.57. The van der Waals surface area contributed by atoms with Crippen LogP contribution in [0.1, 0.15) is 16.8 Å². The van der Waals surface area contributed by atoms with Crippen LogP contribution < -0.4 is 10.1 Å². The Morgan fingerprint density at radius 1 is 1.40 bits per heavy atom.